The maximum absolute atomic E-state index is 12.3. The molecule has 1 saturated heterocycles. The molecule has 4 atom stereocenters. The first-order valence-electron chi connectivity index (χ1n) is 9.53. The van der Waals surface area contributed by atoms with Crippen molar-refractivity contribution >= 4 is 23.9 Å². The van der Waals surface area contributed by atoms with Crippen molar-refractivity contribution in [3.05, 3.63) is 0 Å². The number of carbonyl (C=O) groups is 4. The molecule has 0 aliphatic carbocycles. The van der Waals surface area contributed by atoms with Crippen LogP contribution in [0.5, 0.6) is 0 Å². The van der Waals surface area contributed by atoms with Gasteiger partial charge in [0.2, 0.25) is 12.4 Å². The Labute approximate surface area is 176 Å². The van der Waals surface area contributed by atoms with E-state index in [1.54, 1.807) is 0 Å². The van der Waals surface area contributed by atoms with Gasteiger partial charge in [0, 0.05) is 27.2 Å². The van der Waals surface area contributed by atoms with Gasteiger partial charge in [-0.15, -0.1) is 6.42 Å². The van der Waals surface area contributed by atoms with Crippen molar-refractivity contribution in [1.29, 1.82) is 0 Å². The van der Waals surface area contributed by atoms with E-state index in [0.29, 0.717) is 24.0 Å². The predicted octanol–water partition coefficient (Wildman–Crippen LogP) is 0.171. The highest BCUT2D eigenvalue weighted by molar-refractivity contribution is 5.70. The summed E-state index contributed by atoms with van der Waals surface area (Å²) in [6.07, 6.45) is 1.12. The highest BCUT2D eigenvalue weighted by atomic mass is 16.7. The molecule has 30 heavy (non-hydrogen) atoms. The van der Waals surface area contributed by atoms with E-state index in [1.165, 1.54) is 6.92 Å². The van der Waals surface area contributed by atoms with E-state index in [1.807, 2.05) is 14.1 Å². The molecule has 1 aliphatic heterocycles. The lowest BCUT2D eigenvalue weighted by Crippen LogP contribution is -2.58. The molecule has 0 aromatic rings. The lowest BCUT2D eigenvalue weighted by Gasteiger charge is -2.39. The third-order valence-electron chi connectivity index (χ3n) is 4.22. The van der Waals surface area contributed by atoms with Crippen molar-refractivity contribution in [3.8, 4) is 12.3 Å². The maximum atomic E-state index is 12.3. The van der Waals surface area contributed by atoms with E-state index < -0.39 is 48.5 Å². The quantitative estimate of drug-likeness (QED) is 0.219. The zero-order valence-corrected chi connectivity index (χ0v) is 18.0. The minimum Gasteiger partial charge on any atom is -0.456 e. The van der Waals surface area contributed by atoms with Crippen LogP contribution < -0.4 is 0 Å². The van der Waals surface area contributed by atoms with Gasteiger partial charge in [0.25, 0.3) is 0 Å². The first-order chi connectivity index (χ1) is 13.9. The van der Waals surface area contributed by atoms with Crippen LogP contribution in [0.15, 0.2) is 0 Å². The standard InChI is InChI=1S/C20H30NO9/c1-7-10-21(5,6)11-8-9-17(25)30-20-19(29-15(4)24)18(28-14(3)23)16(12-26-20)27-13(2)22/h1,16,18-20H,8-12H2,2-6H3/q+1/t16-,18-,19-,20?/m1/s1. The highest BCUT2D eigenvalue weighted by Gasteiger charge is 2.48. The Kier molecular flexibility index (Phi) is 9.75. The molecular weight excluding hydrogens is 398 g/mol. The highest BCUT2D eigenvalue weighted by Crippen LogP contribution is 2.25. The minimum atomic E-state index is -1.31. The fraction of sp³-hybridized carbons (Fsp3) is 0.700. The molecule has 1 unspecified atom stereocenters. The Morgan fingerprint density at radius 3 is 2.07 bits per heavy atom. The second-order valence-corrected chi connectivity index (χ2v) is 7.61. The lowest BCUT2D eigenvalue weighted by atomic mass is 10.0. The van der Waals surface area contributed by atoms with E-state index >= 15 is 0 Å². The van der Waals surface area contributed by atoms with Gasteiger partial charge in [-0.1, -0.05) is 0 Å². The lowest BCUT2D eigenvalue weighted by molar-refractivity contribution is -0.883. The number of esters is 4. The van der Waals surface area contributed by atoms with Crippen molar-refractivity contribution in [1.82, 2.24) is 0 Å². The van der Waals surface area contributed by atoms with E-state index in [9.17, 15) is 19.2 Å². The Morgan fingerprint density at radius 2 is 1.53 bits per heavy atom. The van der Waals surface area contributed by atoms with Gasteiger partial charge in [0.05, 0.1) is 33.7 Å². The Morgan fingerprint density at radius 1 is 0.967 bits per heavy atom. The van der Waals surface area contributed by atoms with Crippen LogP contribution in [0.25, 0.3) is 0 Å². The van der Waals surface area contributed by atoms with Crippen LogP contribution in [0, 0.1) is 12.3 Å². The summed E-state index contributed by atoms with van der Waals surface area (Å²) in [4.78, 5) is 46.7. The molecule has 0 spiro atoms. The first-order valence-corrected chi connectivity index (χ1v) is 9.53. The number of ether oxygens (including phenoxy) is 5. The van der Waals surface area contributed by atoms with E-state index in [-0.39, 0.29) is 13.0 Å². The minimum absolute atomic E-state index is 0.0878. The monoisotopic (exact) mass is 428 g/mol. The summed E-state index contributed by atoms with van der Waals surface area (Å²) in [7, 11) is 3.90. The first kappa shape index (κ1) is 25.4. The molecular formula is C20H30NO9+. The summed E-state index contributed by atoms with van der Waals surface area (Å²) in [5.41, 5.74) is 0. The number of quaternary nitrogens is 1. The number of nitrogens with zero attached hydrogens (tertiary/aromatic N) is 1. The third kappa shape index (κ3) is 8.80. The van der Waals surface area contributed by atoms with Gasteiger partial charge >= 0.3 is 23.9 Å². The summed E-state index contributed by atoms with van der Waals surface area (Å²) in [6, 6.07) is 0. The van der Waals surface area contributed by atoms with Crippen LogP contribution >= 0.6 is 0 Å². The second-order valence-electron chi connectivity index (χ2n) is 7.61. The largest absolute Gasteiger partial charge is 0.456 e. The molecule has 1 rings (SSSR count). The zero-order chi connectivity index (χ0) is 22.9. The average Bonchev–Trinajstić information content (AvgIpc) is 2.58. The molecule has 0 radical (unpaired) electrons. The molecule has 168 valence electrons. The van der Waals surface area contributed by atoms with Crippen LogP contribution in [-0.4, -0.2) is 86.8 Å². The summed E-state index contributed by atoms with van der Waals surface area (Å²) >= 11 is 0. The number of rotatable bonds is 9. The predicted molar refractivity (Wildman–Crippen MR) is 102 cm³/mol. The van der Waals surface area contributed by atoms with Crippen molar-refractivity contribution in [2.24, 2.45) is 0 Å². The third-order valence-corrected chi connectivity index (χ3v) is 4.22. The molecule has 0 aromatic heterocycles. The molecule has 0 bridgehead atoms. The average molecular weight is 428 g/mol. The van der Waals surface area contributed by atoms with Crippen LogP contribution in [0.1, 0.15) is 33.6 Å². The molecule has 1 heterocycles. The molecule has 1 aliphatic rings. The summed E-state index contributed by atoms with van der Waals surface area (Å²) in [5.74, 6) is -0.0231. The molecule has 1 fully saturated rings. The summed E-state index contributed by atoms with van der Waals surface area (Å²) in [6.45, 7) is 4.45. The van der Waals surface area contributed by atoms with Gasteiger partial charge in [-0.2, -0.15) is 0 Å². The Bertz CT molecular complexity index is 682. The smallest absolute Gasteiger partial charge is 0.308 e. The number of hydrogen-bond donors (Lipinski definition) is 0. The van der Waals surface area contributed by atoms with Crippen molar-refractivity contribution in [2.45, 2.75) is 58.2 Å². The fourth-order valence-electron chi connectivity index (χ4n) is 2.98. The van der Waals surface area contributed by atoms with Gasteiger partial charge in [0.1, 0.15) is 6.54 Å². The van der Waals surface area contributed by atoms with Gasteiger partial charge in [-0.3, -0.25) is 19.2 Å². The molecule has 0 saturated carbocycles. The normalized spacial score (nSPS) is 23.6. The van der Waals surface area contributed by atoms with Crippen LogP contribution in [-0.2, 0) is 42.9 Å². The molecule has 0 N–H and O–H groups in total. The molecule has 10 heteroatoms. The Hall–Kier alpha value is -2.64. The topological polar surface area (TPSA) is 114 Å². The van der Waals surface area contributed by atoms with Crippen molar-refractivity contribution < 1.29 is 47.3 Å². The molecule has 0 aromatic carbocycles. The number of terminal acetylenes is 1. The summed E-state index contributed by atoms with van der Waals surface area (Å²) in [5, 5.41) is 0. The van der Waals surface area contributed by atoms with Crippen LogP contribution in [0.4, 0.5) is 0 Å². The van der Waals surface area contributed by atoms with Gasteiger partial charge in [-0.25, -0.2) is 0 Å². The van der Waals surface area contributed by atoms with Crippen molar-refractivity contribution in [2.75, 3.05) is 33.8 Å². The molecule has 0 amide bonds. The fourth-order valence-corrected chi connectivity index (χ4v) is 2.98. The number of carbonyl (C=O) groups excluding carboxylic acids is 4. The zero-order valence-electron chi connectivity index (χ0n) is 18.0. The maximum Gasteiger partial charge on any atom is 0.308 e. The van der Waals surface area contributed by atoms with E-state index in [4.69, 9.17) is 30.1 Å². The van der Waals surface area contributed by atoms with Gasteiger partial charge in [-0.05, 0) is 5.92 Å². The van der Waals surface area contributed by atoms with Crippen molar-refractivity contribution in [3.63, 3.8) is 0 Å². The SMILES string of the molecule is C#CC[N+](C)(C)CCCC(=O)OC1OC[C@@H](OC(C)=O)[C@@H](OC(C)=O)[C@H]1OC(C)=O. The van der Waals surface area contributed by atoms with E-state index in [0.717, 1.165) is 13.8 Å². The summed E-state index contributed by atoms with van der Waals surface area (Å²) < 4.78 is 26.8. The second kappa shape index (κ2) is 11.5. The van der Waals surface area contributed by atoms with E-state index in [2.05, 4.69) is 5.92 Å². The van der Waals surface area contributed by atoms with Gasteiger partial charge < -0.3 is 28.2 Å². The Balaban J connectivity index is 2.84. The number of hydrogen-bond acceptors (Lipinski definition) is 9. The van der Waals surface area contributed by atoms with Crippen LogP contribution in [0.2, 0.25) is 0 Å². The van der Waals surface area contributed by atoms with Gasteiger partial charge in [0.15, 0.2) is 12.2 Å². The van der Waals surface area contributed by atoms with Crippen LogP contribution in [0.3, 0.4) is 0 Å². The molecule has 10 nitrogen and oxygen atoms in total.